The molecule has 0 aromatic heterocycles. The van der Waals surface area contributed by atoms with Gasteiger partial charge in [0.25, 0.3) is 0 Å². The van der Waals surface area contributed by atoms with Gasteiger partial charge < -0.3 is 5.11 Å². The van der Waals surface area contributed by atoms with Crippen molar-refractivity contribution in [1.82, 2.24) is 0 Å². The lowest BCUT2D eigenvalue weighted by Crippen LogP contribution is -2.25. The zero-order valence-electron chi connectivity index (χ0n) is 9.59. The number of allylic oxidation sites excluding steroid dienone is 1. The smallest absolute Gasteiger partial charge is 0.385 e. The van der Waals surface area contributed by atoms with Gasteiger partial charge in [-0.2, -0.15) is 13.2 Å². The monoisotopic (exact) mass is 244 g/mol. The van der Waals surface area contributed by atoms with Crippen LogP contribution in [0.3, 0.4) is 0 Å². The largest absolute Gasteiger partial charge is 0.416 e. The Morgan fingerprint density at radius 2 is 1.76 bits per heavy atom. The fraction of sp³-hybridized carbons (Fsp3) is 0.385. The van der Waals surface area contributed by atoms with Crippen LogP contribution >= 0.6 is 0 Å². The van der Waals surface area contributed by atoms with Gasteiger partial charge in [0.05, 0.1) is 11.2 Å². The van der Waals surface area contributed by atoms with E-state index < -0.39 is 17.3 Å². The van der Waals surface area contributed by atoms with E-state index in [0.717, 1.165) is 6.07 Å². The summed E-state index contributed by atoms with van der Waals surface area (Å²) in [6.07, 6.45) is -2.21. The van der Waals surface area contributed by atoms with Crippen LogP contribution in [0.1, 0.15) is 30.9 Å². The summed E-state index contributed by atoms with van der Waals surface area (Å²) in [5.41, 5.74) is -2.37. The Bertz CT molecular complexity index is 394. The summed E-state index contributed by atoms with van der Waals surface area (Å²) in [7, 11) is 0. The molecule has 1 aromatic rings. The van der Waals surface area contributed by atoms with Gasteiger partial charge in [0.2, 0.25) is 0 Å². The number of hydrogen-bond donors (Lipinski definition) is 1. The molecule has 0 aliphatic carbocycles. The Balaban J connectivity index is 3.17. The minimum atomic E-state index is -4.45. The van der Waals surface area contributed by atoms with Crippen molar-refractivity contribution in [3.63, 3.8) is 0 Å². The molecule has 0 aliphatic rings. The first kappa shape index (κ1) is 13.8. The van der Waals surface area contributed by atoms with Crippen molar-refractivity contribution in [1.29, 1.82) is 0 Å². The van der Waals surface area contributed by atoms with Crippen molar-refractivity contribution in [2.45, 2.75) is 31.5 Å². The maximum Gasteiger partial charge on any atom is 0.416 e. The van der Waals surface area contributed by atoms with Crippen LogP contribution in [0.2, 0.25) is 0 Å². The number of halogens is 3. The number of alkyl halides is 3. The SMILES string of the molecule is C=CCCC(C)(O)c1ccccc1C(F)(F)F. The third-order valence-corrected chi connectivity index (χ3v) is 2.65. The molecule has 1 N–H and O–H groups in total. The van der Waals surface area contributed by atoms with Gasteiger partial charge in [-0.3, -0.25) is 0 Å². The van der Waals surface area contributed by atoms with E-state index in [-0.39, 0.29) is 12.0 Å². The third-order valence-electron chi connectivity index (χ3n) is 2.65. The average Bonchev–Trinajstić information content (AvgIpc) is 2.25. The minimum Gasteiger partial charge on any atom is -0.385 e. The van der Waals surface area contributed by atoms with Crippen molar-refractivity contribution in [2.75, 3.05) is 0 Å². The summed E-state index contributed by atoms with van der Waals surface area (Å²) in [5.74, 6) is 0. The third kappa shape index (κ3) is 3.33. The fourth-order valence-corrected chi connectivity index (χ4v) is 1.72. The lowest BCUT2D eigenvalue weighted by atomic mass is 9.87. The zero-order valence-corrected chi connectivity index (χ0v) is 9.59. The lowest BCUT2D eigenvalue weighted by molar-refractivity contribution is -0.140. The number of hydrogen-bond acceptors (Lipinski definition) is 1. The maximum atomic E-state index is 12.8. The van der Waals surface area contributed by atoms with Crippen LogP contribution in [0.15, 0.2) is 36.9 Å². The van der Waals surface area contributed by atoms with Gasteiger partial charge in [-0.15, -0.1) is 6.58 Å². The van der Waals surface area contributed by atoms with Crippen molar-refractivity contribution in [3.05, 3.63) is 48.0 Å². The van der Waals surface area contributed by atoms with Crippen molar-refractivity contribution in [2.24, 2.45) is 0 Å². The highest BCUT2D eigenvalue weighted by Crippen LogP contribution is 2.38. The first-order valence-corrected chi connectivity index (χ1v) is 5.29. The molecule has 0 bridgehead atoms. The molecule has 17 heavy (non-hydrogen) atoms. The van der Waals surface area contributed by atoms with E-state index in [1.54, 1.807) is 6.08 Å². The highest BCUT2D eigenvalue weighted by molar-refractivity contribution is 5.34. The van der Waals surface area contributed by atoms with Gasteiger partial charge >= 0.3 is 6.18 Å². The van der Waals surface area contributed by atoms with Gasteiger partial charge in [0.15, 0.2) is 0 Å². The first-order valence-electron chi connectivity index (χ1n) is 5.29. The predicted molar refractivity (Wildman–Crippen MR) is 60.4 cm³/mol. The Morgan fingerprint density at radius 1 is 1.24 bits per heavy atom. The fourth-order valence-electron chi connectivity index (χ4n) is 1.72. The number of benzene rings is 1. The maximum absolute atomic E-state index is 12.8. The van der Waals surface area contributed by atoms with Crippen LogP contribution in [0, 0.1) is 0 Å². The second kappa shape index (κ2) is 4.92. The molecule has 0 saturated carbocycles. The van der Waals surface area contributed by atoms with E-state index in [9.17, 15) is 18.3 Å². The molecule has 94 valence electrons. The molecule has 0 radical (unpaired) electrons. The standard InChI is InChI=1S/C13H15F3O/c1-3-4-9-12(2,17)10-7-5-6-8-11(10)13(14,15)16/h3,5-8,17H,1,4,9H2,2H3. The predicted octanol–water partition coefficient (Wildman–Crippen LogP) is 3.88. The molecule has 0 fully saturated rings. The summed E-state index contributed by atoms with van der Waals surface area (Å²) < 4.78 is 38.3. The number of aliphatic hydroxyl groups is 1. The van der Waals surface area contributed by atoms with Crippen molar-refractivity contribution in [3.8, 4) is 0 Å². The average molecular weight is 244 g/mol. The van der Waals surface area contributed by atoms with E-state index >= 15 is 0 Å². The summed E-state index contributed by atoms with van der Waals surface area (Å²) in [5, 5.41) is 10.1. The zero-order chi connectivity index (χ0) is 13.1. The Labute approximate surface area is 98.6 Å². The second-order valence-corrected chi connectivity index (χ2v) is 4.14. The molecule has 0 spiro atoms. The topological polar surface area (TPSA) is 20.2 Å². The van der Waals surface area contributed by atoms with E-state index in [2.05, 4.69) is 6.58 Å². The van der Waals surface area contributed by atoms with E-state index in [1.165, 1.54) is 25.1 Å². The summed E-state index contributed by atoms with van der Waals surface area (Å²) >= 11 is 0. The molecule has 1 rings (SSSR count). The van der Waals surface area contributed by atoms with Gasteiger partial charge in [0.1, 0.15) is 0 Å². The molecule has 0 saturated heterocycles. The lowest BCUT2D eigenvalue weighted by Gasteiger charge is -2.26. The molecule has 0 aliphatic heterocycles. The molecule has 1 aromatic carbocycles. The minimum absolute atomic E-state index is 0.0886. The van der Waals surface area contributed by atoms with Crippen LogP contribution in [0.25, 0.3) is 0 Å². The molecular formula is C13H15F3O. The quantitative estimate of drug-likeness (QED) is 0.797. The van der Waals surface area contributed by atoms with Crippen LogP contribution in [0.5, 0.6) is 0 Å². The summed E-state index contributed by atoms with van der Waals surface area (Å²) in [6.45, 7) is 4.89. The normalized spacial score (nSPS) is 15.4. The van der Waals surface area contributed by atoms with E-state index in [4.69, 9.17) is 0 Å². The summed E-state index contributed by atoms with van der Waals surface area (Å²) in [4.78, 5) is 0. The molecule has 4 heteroatoms. The van der Waals surface area contributed by atoms with Crippen LogP contribution in [0.4, 0.5) is 13.2 Å². The van der Waals surface area contributed by atoms with Crippen LogP contribution in [-0.2, 0) is 11.8 Å². The molecule has 1 nitrogen and oxygen atoms in total. The van der Waals surface area contributed by atoms with Crippen LogP contribution < -0.4 is 0 Å². The van der Waals surface area contributed by atoms with Crippen LogP contribution in [-0.4, -0.2) is 5.11 Å². The molecule has 1 atom stereocenters. The van der Waals surface area contributed by atoms with Gasteiger partial charge in [0, 0.05) is 0 Å². The first-order chi connectivity index (χ1) is 7.79. The Hall–Kier alpha value is -1.29. The van der Waals surface area contributed by atoms with E-state index in [0.29, 0.717) is 6.42 Å². The molecule has 0 heterocycles. The Morgan fingerprint density at radius 3 is 2.24 bits per heavy atom. The molecular weight excluding hydrogens is 229 g/mol. The van der Waals surface area contributed by atoms with Gasteiger partial charge in [-0.05, 0) is 31.4 Å². The van der Waals surface area contributed by atoms with E-state index in [1.807, 2.05) is 0 Å². The molecule has 1 unspecified atom stereocenters. The second-order valence-electron chi connectivity index (χ2n) is 4.14. The summed E-state index contributed by atoms with van der Waals surface area (Å²) in [6, 6.07) is 5.10. The number of rotatable bonds is 4. The van der Waals surface area contributed by atoms with Crippen molar-refractivity contribution >= 4 is 0 Å². The highest BCUT2D eigenvalue weighted by atomic mass is 19.4. The Kier molecular flexibility index (Phi) is 3.98. The van der Waals surface area contributed by atoms with Crippen molar-refractivity contribution < 1.29 is 18.3 Å². The van der Waals surface area contributed by atoms with Gasteiger partial charge in [-0.1, -0.05) is 24.3 Å². The highest BCUT2D eigenvalue weighted by Gasteiger charge is 2.37. The van der Waals surface area contributed by atoms with Gasteiger partial charge in [-0.25, -0.2) is 0 Å². The molecule has 0 amide bonds.